The van der Waals surface area contributed by atoms with Gasteiger partial charge in [-0.15, -0.1) is 0 Å². The Morgan fingerprint density at radius 2 is 0.978 bits per heavy atom. The molecule has 2 aliphatic rings. The van der Waals surface area contributed by atoms with E-state index in [-0.39, 0.29) is 5.41 Å². The van der Waals surface area contributed by atoms with Gasteiger partial charge in [-0.05, 0) is 50.6 Å². The fourth-order valence-electron chi connectivity index (χ4n) is 7.37. The van der Waals surface area contributed by atoms with Crippen molar-refractivity contribution < 1.29 is 0 Å². The second-order valence-corrected chi connectivity index (χ2v) is 12.7. The fourth-order valence-corrected chi connectivity index (χ4v) is 7.37. The topological polar surface area (TPSA) is 51.6 Å². The largest absolute Gasteiger partial charge is 0.248 e. The first-order chi connectivity index (χ1) is 22.5. The molecule has 0 spiro atoms. The number of aromatic nitrogens is 4. The normalized spacial score (nSPS) is 13.5. The average Bonchev–Trinajstić information content (AvgIpc) is 3.60. The summed E-state index contributed by atoms with van der Waals surface area (Å²) >= 11 is 0. The van der Waals surface area contributed by atoms with Crippen LogP contribution >= 0.6 is 0 Å². The summed E-state index contributed by atoms with van der Waals surface area (Å²) in [5.41, 5.74) is 15.4. The Hall–Kier alpha value is -5.74. The Morgan fingerprint density at radius 3 is 1.72 bits per heavy atom. The van der Waals surface area contributed by atoms with Crippen molar-refractivity contribution in [2.24, 2.45) is 0 Å². The van der Waals surface area contributed by atoms with E-state index < -0.39 is 0 Å². The zero-order chi connectivity index (χ0) is 30.8. The van der Waals surface area contributed by atoms with Gasteiger partial charge in [-0.1, -0.05) is 141 Å². The van der Waals surface area contributed by atoms with Gasteiger partial charge in [0.25, 0.3) is 0 Å². The Bertz CT molecular complexity index is 2290. The number of benzene rings is 5. The Balaban J connectivity index is 1.13. The van der Waals surface area contributed by atoms with E-state index in [4.69, 9.17) is 19.9 Å². The molecular weight excluding hydrogens is 560 g/mol. The molecular formula is C42H30N4. The van der Waals surface area contributed by atoms with Crippen LogP contribution in [0.5, 0.6) is 0 Å². The van der Waals surface area contributed by atoms with Crippen LogP contribution in [0.2, 0.25) is 0 Å². The SMILES string of the molecule is CC1(C)c2ccccc2-c2ccc3c(c21)Cc1nc(-c2nc(-c4ccccc4)nc(-c4ccc(-c5ccccc5)cc4)n2)ccc1-3. The standard InChI is InChI=1S/C42H30N4/c1-42(2)35-16-10-9-15-31(35)33-22-21-30-32-23-24-36(43-37(32)25-34(30)38(33)42)41-45-39(28-13-7-4-8-14-28)44-40(46-41)29-19-17-27(18-20-29)26-11-5-3-6-12-26/h3-24H,25H2,1-2H3. The molecule has 0 fully saturated rings. The van der Waals surface area contributed by atoms with Gasteiger partial charge in [-0.2, -0.15) is 0 Å². The van der Waals surface area contributed by atoms with Crippen molar-refractivity contribution in [2.75, 3.05) is 0 Å². The maximum Gasteiger partial charge on any atom is 0.182 e. The zero-order valence-corrected chi connectivity index (χ0v) is 25.7. The summed E-state index contributed by atoms with van der Waals surface area (Å²) in [6, 6.07) is 46.6. The van der Waals surface area contributed by atoms with E-state index in [1.807, 2.05) is 36.4 Å². The van der Waals surface area contributed by atoms with Crippen LogP contribution in [0.1, 0.15) is 36.2 Å². The third-order valence-corrected chi connectivity index (χ3v) is 9.58. The monoisotopic (exact) mass is 590 g/mol. The molecule has 0 bridgehead atoms. The van der Waals surface area contributed by atoms with Gasteiger partial charge < -0.3 is 0 Å². The van der Waals surface area contributed by atoms with E-state index in [9.17, 15) is 0 Å². The van der Waals surface area contributed by atoms with Gasteiger partial charge in [0, 0.05) is 28.5 Å². The molecule has 5 aromatic carbocycles. The highest BCUT2D eigenvalue weighted by Gasteiger charge is 2.39. The highest BCUT2D eigenvalue weighted by Crippen LogP contribution is 2.53. The first kappa shape index (κ1) is 26.6. The van der Waals surface area contributed by atoms with Gasteiger partial charge in [0.1, 0.15) is 5.69 Å². The minimum absolute atomic E-state index is 0.0636. The van der Waals surface area contributed by atoms with Crippen molar-refractivity contribution in [1.82, 2.24) is 19.9 Å². The van der Waals surface area contributed by atoms with Gasteiger partial charge in [0.15, 0.2) is 17.5 Å². The minimum Gasteiger partial charge on any atom is -0.248 e. The molecule has 0 unspecified atom stereocenters. The lowest BCUT2D eigenvalue weighted by molar-refractivity contribution is 0.654. The summed E-state index contributed by atoms with van der Waals surface area (Å²) < 4.78 is 0. The van der Waals surface area contributed by atoms with Crippen molar-refractivity contribution in [1.29, 1.82) is 0 Å². The molecule has 4 nitrogen and oxygen atoms in total. The van der Waals surface area contributed by atoms with Gasteiger partial charge in [-0.25, -0.2) is 19.9 Å². The summed E-state index contributed by atoms with van der Waals surface area (Å²) in [5.74, 6) is 1.84. The van der Waals surface area contributed by atoms with Crippen LogP contribution in [0.15, 0.2) is 133 Å². The summed E-state index contributed by atoms with van der Waals surface area (Å²) in [6.45, 7) is 4.70. The lowest BCUT2D eigenvalue weighted by Gasteiger charge is -2.24. The molecule has 0 amide bonds. The number of hydrogen-bond donors (Lipinski definition) is 0. The molecule has 218 valence electrons. The molecule has 2 heterocycles. The highest BCUT2D eigenvalue weighted by molar-refractivity contribution is 5.89. The summed E-state index contributed by atoms with van der Waals surface area (Å²) in [4.78, 5) is 20.1. The van der Waals surface area contributed by atoms with Crippen LogP contribution in [0.3, 0.4) is 0 Å². The molecule has 0 saturated heterocycles. The Labute approximate surface area is 268 Å². The molecule has 2 aliphatic carbocycles. The van der Waals surface area contributed by atoms with E-state index >= 15 is 0 Å². The average molecular weight is 591 g/mol. The van der Waals surface area contributed by atoms with Gasteiger partial charge >= 0.3 is 0 Å². The number of fused-ring (bicyclic) bond motifs is 7. The molecule has 0 aliphatic heterocycles. The first-order valence-electron chi connectivity index (χ1n) is 15.8. The lowest BCUT2D eigenvalue weighted by Crippen LogP contribution is -2.17. The maximum absolute atomic E-state index is 5.23. The number of hydrogen-bond acceptors (Lipinski definition) is 4. The van der Waals surface area contributed by atoms with E-state index in [1.54, 1.807) is 0 Å². The number of pyridine rings is 1. The molecule has 9 rings (SSSR count). The van der Waals surface area contributed by atoms with Crippen molar-refractivity contribution in [3.05, 3.63) is 156 Å². The quantitative estimate of drug-likeness (QED) is 0.205. The van der Waals surface area contributed by atoms with Gasteiger partial charge in [-0.3, -0.25) is 0 Å². The molecule has 0 N–H and O–H groups in total. The van der Waals surface area contributed by atoms with Crippen LogP contribution in [-0.4, -0.2) is 19.9 Å². The minimum atomic E-state index is -0.0636. The predicted octanol–water partition coefficient (Wildman–Crippen LogP) is 9.81. The van der Waals surface area contributed by atoms with Crippen LogP contribution in [0.25, 0.3) is 67.7 Å². The molecule has 2 aromatic heterocycles. The van der Waals surface area contributed by atoms with Crippen LogP contribution in [-0.2, 0) is 11.8 Å². The molecule has 0 atom stereocenters. The number of rotatable bonds is 4. The van der Waals surface area contributed by atoms with Gasteiger partial charge in [0.05, 0.1) is 5.69 Å². The molecule has 0 saturated carbocycles. The Morgan fingerprint density at radius 1 is 0.435 bits per heavy atom. The van der Waals surface area contributed by atoms with Gasteiger partial charge in [0.2, 0.25) is 0 Å². The van der Waals surface area contributed by atoms with Crippen LogP contribution in [0, 0.1) is 0 Å². The predicted molar refractivity (Wildman–Crippen MR) is 185 cm³/mol. The third kappa shape index (κ3) is 4.14. The molecule has 46 heavy (non-hydrogen) atoms. The Kier molecular flexibility index (Phi) is 5.88. The van der Waals surface area contributed by atoms with Crippen molar-refractivity contribution >= 4 is 0 Å². The second-order valence-electron chi connectivity index (χ2n) is 12.7. The number of nitrogens with zero attached hydrogens (tertiary/aromatic N) is 4. The molecule has 0 radical (unpaired) electrons. The smallest absolute Gasteiger partial charge is 0.182 e. The second kappa shape index (κ2) is 10.1. The van der Waals surface area contributed by atoms with E-state index in [0.29, 0.717) is 17.5 Å². The first-order valence-corrected chi connectivity index (χ1v) is 15.8. The lowest BCUT2D eigenvalue weighted by atomic mass is 9.79. The van der Waals surface area contributed by atoms with E-state index in [0.717, 1.165) is 34.5 Å². The van der Waals surface area contributed by atoms with Crippen molar-refractivity contribution in [3.63, 3.8) is 0 Å². The summed E-state index contributed by atoms with van der Waals surface area (Å²) in [7, 11) is 0. The van der Waals surface area contributed by atoms with E-state index in [1.165, 1.54) is 44.5 Å². The van der Waals surface area contributed by atoms with Crippen molar-refractivity contribution in [3.8, 4) is 67.7 Å². The van der Waals surface area contributed by atoms with Crippen LogP contribution < -0.4 is 0 Å². The summed E-state index contributed by atoms with van der Waals surface area (Å²) in [6.07, 6.45) is 0.795. The zero-order valence-electron chi connectivity index (χ0n) is 25.7. The fraction of sp³-hybridized carbons (Fsp3) is 0.0952. The highest BCUT2D eigenvalue weighted by atomic mass is 15.0. The maximum atomic E-state index is 5.23. The van der Waals surface area contributed by atoms with Crippen molar-refractivity contribution in [2.45, 2.75) is 25.7 Å². The molecule has 7 aromatic rings. The third-order valence-electron chi connectivity index (χ3n) is 9.58. The molecule has 4 heteroatoms. The van der Waals surface area contributed by atoms with Crippen LogP contribution in [0.4, 0.5) is 0 Å². The summed E-state index contributed by atoms with van der Waals surface area (Å²) in [5, 5.41) is 0. The van der Waals surface area contributed by atoms with E-state index in [2.05, 4.69) is 111 Å².